The van der Waals surface area contributed by atoms with Crippen LogP contribution in [-0.2, 0) is 0 Å². The lowest BCUT2D eigenvalue weighted by Crippen LogP contribution is -2.39. The number of hydrogen-bond acceptors (Lipinski definition) is 3. The van der Waals surface area contributed by atoms with Gasteiger partial charge >= 0.3 is 0 Å². The third-order valence-electron chi connectivity index (χ3n) is 3.57. The van der Waals surface area contributed by atoms with Crippen LogP contribution in [-0.4, -0.2) is 23.5 Å². The molecule has 0 aromatic heterocycles. The Balaban J connectivity index is 2.81. The molecule has 0 atom stereocenters. The molecule has 106 valence electrons. The number of rotatable bonds is 6. The molecule has 0 saturated carbocycles. The number of nitrogen functional groups attached to an aromatic ring is 1. The molecule has 0 saturated heterocycles. The zero-order valence-electron chi connectivity index (χ0n) is 11.6. The smallest absolute Gasteiger partial charge is 0.254 e. The topological polar surface area (TPSA) is 55.1 Å². The Bertz CT molecular complexity index is 419. The molecule has 0 bridgehead atoms. The van der Waals surface area contributed by atoms with Crippen molar-refractivity contribution >= 4 is 35.0 Å². The Hall–Kier alpha value is -0.870. The van der Waals surface area contributed by atoms with Gasteiger partial charge in [0.1, 0.15) is 0 Å². The normalized spacial score (nSPS) is 11.4. The van der Waals surface area contributed by atoms with Crippen molar-refractivity contribution in [2.45, 2.75) is 31.4 Å². The first-order valence-electron chi connectivity index (χ1n) is 6.37. The fraction of sp³-hybridized carbons (Fsp3) is 0.500. The number of benzene rings is 1. The lowest BCUT2D eigenvalue weighted by Gasteiger charge is -2.29. The number of thioether (sulfide) groups is 1. The third kappa shape index (κ3) is 3.80. The standard InChI is InChI=1S/C14H21ClN2OS/c1-4-14(5-2,19-3)9-17-13(18)12-10(15)7-6-8-11(12)16/h6-8H,4-5,9,16H2,1-3H3,(H,17,18). The molecule has 0 radical (unpaired) electrons. The zero-order valence-corrected chi connectivity index (χ0v) is 13.2. The molecule has 0 heterocycles. The average Bonchev–Trinajstić information content (AvgIpc) is 2.41. The number of amides is 1. The number of nitrogens with one attached hydrogen (secondary N) is 1. The van der Waals surface area contributed by atoms with E-state index in [1.807, 2.05) is 0 Å². The van der Waals surface area contributed by atoms with E-state index in [2.05, 4.69) is 25.4 Å². The molecule has 1 rings (SSSR count). The summed E-state index contributed by atoms with van der Waals surface area (Å²) in [7, 11) is 0. The Morgan fingerprint density at radius 2 is 2.05 bits per heavy atom. The molecule has 5 heteroatoms. The summed E-state index contributed by atoms with van der Waals surface area (Å²) in [5, 5.41) is 3.34. The second-order valence-corrected chi connectivity index (χ2v) is 6.16. The van der Waals surface area contributed by atoms with Gasteiger partial charge in [0.2, 0.25) is 0 Å². The van der Waals surface area contributed by atoms with E-state index in [-0.39, 0.29) is 10.7 Å². The van der Waals surface area contributed by atoms with Gasteiger partial charge in [0.15, 0.2) is 0 Å². The summed E-state index contributed by atoms with van der Waals surface area (Å²) >= 11 is 7.81. The predicted octanol–water partition coefficient (Wildman–Crippen LogP) is 3.57. The molecule has 0 fully saturated rings. The SMILES string of the molecule is CCC(CC)(CNC(=O)c1c(N)cccc1Cl)SC. The number of halogens is 1. The van der Waals surface area contributed by atoms with Crippen LogP contribution in [0.5, 0.6) is 0 Å². The van der Waals surface area contributed by atoms with Crippen LogP contribution < -0.4 is 11.1 Å². The van der Waals surface area contributed by atoms with Gasteiger partial charge < -0.3 is 11.1 Å². The predicted molar refractivity (Wildman–Crippen MR) is 85.0 cm³/mol. The maximum Gasteiger partial charge on any atom is 0.254 e. The summed E-state index contributed by atoms with van der Waals surface area (Å²) in [6.45, 7) is 4.89. The van der Waals surface area contributed by atoms with E-state index in [4.69, 9.17) is 17.3 Å². The summed E-state index contributed by atoms with van der Waals surface area (Å²) in [6.07, 6.45) is 4.08. The number of carbonyl (C=O) groups is 1. The summed E-state index contributed by atoms with van der Waals surface area (Å²) in [4.78, 5) is 12.2. The summed E-state index contributed by atoms with van der Waals surface area (Å²) in [6, 6.07) is 5.09. The van der Waals surface area contributed by atoms with Gasteiger partial charge in [-0.3, -0.25) is 4.79 Å². The Morgan fingerprint density at radius 3 is 2.53 bits per heavy atom. The Labute approximate surface area is 124 Å². The molecule has 0 spiro atoms. The molecule has 3 nitrogen and oxygen atoms in total. The van der Waals surface area contributed by atoms with Crippen LogP contribution in [0.2, 0.25) is 5.02 Å². The maximum absolute atomic E-state index is 12.2. The molecule has 0 aliphatic carbocycles. The van der Waals surface area contributed by atoms with Crippen LogP contribution in [0.15, 0.2) is 18.2 Å². The van der Waals surface area contributed by atoms with Gasteiger partial charge in [-0.2, -0.15) is 11.8 Å². The van der Waals surface area contributed by atoms with Crippen LogP contribution in [0.4, 0.5) is 5.69 Å². The highest BCUT2D eigenvalue weighted by Gasteiger charge is 2.26. The molecule has 0 unspecified atom stereocenters. The minimum absolute atomic E-state index is 0.0751. The highest BCUT2D eigenvalue weighted by molar-refractivity contribution is 8.00. The molecule has 1 amide bonds. The van der Waals surface area contributed by atoms with E-state index in [1.54, 1.807) is 30.0 Å². The monoisotopic (exact) mass is 300 g/mol. The second kappa shape index (κ2) is 7.06. The van der Waals surface area contributed by atoms with Crippen LogP contribution >= 0.6 is 23.4 Å². The van der Waals surface area contributed by atoms with Crippen molar-refractivity contribution in [1.82, 2.24) is 5.32 Å². The Kier molecular flexibility index (Phi) is 6.01. The maximum atomic E-state index is 12.2. The summed E-state index contributed by atoms with van der Waals surface area (Å²) in [5.74, 6) is -0.205. The van der Waals surface area contributed by atoms with E-state index in [9.17, 15) is 4.79 Å². The fourth-order valence-electron chi connectivity index (χ4n) is 1.97. The van der Waals surface area contributed by atoms with Gasteiger partial charge in [-0.15, -0.1) is 0 Å². The highest BCUT2D eigenvalue weighted by Crippen LogP contribution is 2.30. The first-order chi connectivity index (χ1) is 8.99. The minimum Gasteiger partial charge on any atom is -0.398 e. The first kappa shape index (κ1) is 16.2. The third-order valence-corrected chi connectivity index (χ3v) is 5.47. The van der Waals surface area contributed by atoms with E-state index in [0.29, 0.717) is 22.8 Å². The fourth-order valence-corrected chi connectivity index (χ4v) is 3.03. The van der Waals surface area contributed by atoms with Gasteiger partial charge in [-0.25, -0.2) is 0 Å². The van der Waals surface area contributed by atoms with E-state index >= 15 is 0 Å². The number of hydrogen-bond donors (Lipinski definition) is 2. The molecular weight excluding hydrogens is 280 g/mol. The van der Waals surface area contributed by atoms with Crippen LogP contribution in [0.3, 0.4) is 0 Å². The molecule has 19 heavy (non-hydrogen) atoms. The summed E-state index contributed by atoms with van der Waals surface area (Å²) in [5.41, 5.74) is 6.59. The lowest BCUT2D eigenvalue weighted by molar-refractivity contribution is 0.0950. The largest absolute Gasteiger partial charge is 0.398 e. The van der Waals surface area contributed by atoms with E-state index in [1.165, 1.54) is 0 Å². The van der Waals surface area contributed by atoms with Gasteiger partial charge in [0.05, 0.1) is 10.6 Å². The van der Waals surface area contributed by atoms with Gasteiger partial charge in [0.25, 0.3) is 5.91 Å². The molecular formula is C14H21ClN2OS. The lowest BCUT2D eigenvalue weighted by atomic mass is 10.0. The van der Waals surface area contributed by atoms with Crippen LogP contribution in [0.25, 0.3) is 0 Å². The second-order valence-electron chi connectivity index (χ2n) is 4.48. The van der Waals surface area contributed by atoms with Crippen molar-refractivity contribution in [2.75, 3.05) is 18.5 Å². The van der Waals surface area contributed by atoms with Crippen LogP contribution in [0.1, 0.15) is 37.0 Å². The van der Waals surface area contributed by atoms with Crippen molar-refractivity contribution in [1.29, 1.82) is 0 Å². The van der Waals surface area contributed by atoms with Crippen molar-refractivity contribution in [3.8, 4) is 0 Å². The van der Waals surface area contributed by atoms with E-state index < -0.39 is 0 Å². The number of carbonyl (C=O) groups excluding carboxylic acids is 1. The van der Waals surface area contributed by atoms with E-state index in [0.717, 1.165) is 12.8 Å². The van der Waals surface area contributed by atoms with Gasteiger partial charge in [-0.1, -0.05) is 31.5 Å². The van der Waals surface area contributed by atoms with Crippen molar-refractivity contribution in [3.63, 3.8) is 0 Å². The first-order valence-corrected chi connectivity index (χ1v) is 7.97. The molecule has 0 aliphatic rings. The molecule has 1 aromatic carbocycles. The molecule has 0 aliphatic heterocycles. The Morgan fingerprint density at radius 1 is 1.42 bits per heavy atom. The quantitative estimate of drug-likeness (QED) is 0.790. The number of nitrogens with two attached hydrogens (primary N) is 1. The number of anilines is 1. The van der Waals surface area contributed by atoms with Gasteiger partial charge in [-0.05, 0) is 31.2 Å². The zero-order chi connectivity index (χ0) is 14.5. The van der Waals surface area contributed by atoms with Crippen molar-refractivity contribution < 1.29 is 4.79 Å². The average molecular weight is 301 g/mol. The van der Waals surface area contributed by atoms with Crippen molar-refractivity contribution in [2.24, 2.45) is 0 Å². The van der Waals surface area contributed by atoms with Crippen LogP contribution in [0, 0.1) is 0 Å². The minimum atomic E-state index is -0.205. The molecule has 1 aromatic rings. The summed E-state index contributed by atoms with van der Waals surface area (Å²) < 4.78 is 0.0751. The van der Waals surface area contributed by atoms with Crippen molar-refractivity contribution in [3.05, 3.63) is 28.8 Å². The molecule has 3 N–H and O–H groups in total. The van der Waals surface area contributed by atoms with Gasteiger partial charge in [0, 0.05) is 17.0 Å². The highest BCUT2D eigenvalue weighted by atomic mass is 35.5.